The van der Waals surface area contributed by atoms with E-state index in [2.05, 4.69) is 16.4 Å². The standard InChI is InChI=1S/C17H13N3O2/c18-10-9-14-7-8-15(19-14)12-3-5-13(6-4-12)20-17(21)16-2-1-11-22-16/h1-8,11,19H,9H2,(H,20,21). The van der Waals surface area contributed by atoms with Gasteiger partial charge in [0.15, 0.2) is 5.76 Å². The van der Waals surface area contributed by atoms with Crippen molar-refractivity contribution in [3.05, 3.63) is 66.2 Å². The highest BCUT2D eigenvalue weighted by Gasteiger charge is 2.08. The van der Waals surface area contributed by atoms with Gasteiger partial charge in [0.25, 0.3) is 5.91 Å². The van der Waals surface area contributed by atoms with Crippen molar-refractivity contribution in [3.8, 4) is 17.3 Å². The highest BCUT2D eigenvalue weighted by molar-refractivity contribution is 6.02. The van der Waals surface area contributed by atoms with Crippen molar-refractivity contribution in [3.63, 3.8) is 0 Å². The van der Waals surface area contributed by atoms with Gasteiger partial charge in [-0.1, -0.05) is 12.1 Å². The Morgan fingerprint density at radius 2 is 2.00 bits per heavy atom. The van der Waals surface area contributed by atoms with Crippen LogP contribution >= 0.6 is 0 Å². The van der Waals surface area contributed by atoms with Gasteiger partial charge in [0.05, 0.1) is 18.8 Å². The third-order valence-corrected chi connectivity index (χ3v) is 3.21. The number of amides is 1. The number of carbonyl (C=O) groups is 1. The lowest BCUT2D eigenvalue weighted by Crippen LogP contribution is -2.10. The minimum atomic E-state index is -0.283. The third kappa shape index (κ3) is 2.91. The van der Waals surface area contributed by atoms with Crippen molar-refractivity contribution in [2.45, 2.75) is 6.42 Å². The van der Waals surface area contributed by atoms with E-state index in [0.29, 0.717) is 12.1 Å². The monoisotopic (exact) mass is 291 g/mol. The summed E-state index contributed by atoms with van der Waals surface area (Å²) in [5.41, 5.74) is 3.50. The Kier molecular flexibility index (Phi) is 3.75. The van der Waals surface area contributed by atoms with Crippen LogP contribution in [0, 0.1) is 11.3 Å². The maximum atomic E-state index is 11.9. The van der Waals surface area contributed by atoms with E-state index >= 15 is 0 Å². The molecule has 108 valence electrons. The van der Waals surface area contributed by atoms with E-state index in [1.807, 2.05) is 36.4 Å². The molecule has 0 bridgehead atoms. The van der Waals surface area contributed by atoms with Crippen LogP contribution in [0.5, 0.6) is 0 Å². The van der Waals surface area contributed by atoms with Gasteiger partial charge in [-0.25, -0.2) is 0 Å². The smallest absolute Gasteiger partial charge is 0.291 e. The van der Waals surface area contributed by atoms with Gasteiger partial charge in [0.1, 0.15) is 0 Å². The maximum Gasteiger partial charge on any atom is 0.291 e. The minimum Gasteiger partial charge on any atom is -0.459 e. The molecule has 0 spiro atoms. The largest absolute Gasteiger partial charge is 0.459 e. The SMILES string of the molecule is N#CCc1ccc(-c2ccc(NC(=O)c3ccco3)cc2)[nH]1. The molecular weight excluding hydrogens is 278 g/mol. The summed E-state index contributed by atoms with van der Waals surface area (Å²) in [6, 6.07) is 16.7. The average Bonchev–Trinajstić information content (AvgIpc) is 3.20. The lowest BCUT2D eigenvalue weighted by molar-refractivity contribution is 0.0996. The Labute approximate surface area is 127 Å². The van der Waals surface area contributed by atoms with E-state index in [-0.39, 0.29) is 11.7 Å². The number of aromatic nitrogens is 1. The van der Waals surface area contributed by atoms with Crippen LogP contribution in [0.2, 0.25) is 0 Å². The molecule has 2 heterocycles. The van der Waals surface area contributed by atoms with Gasteiger partial charge in [-0.3, -0.25) is 4.79 Å². The molecule has 0 atom stereocenters. The highest BCUT2D eigenvalue weighted by atomic mass is 16.3. The van der Waals surface area contributed by atoms with E-state index < -0.39 is 0 Å². The van der Waals surface area contributed by atoms with Crippen molar-refractivity contribution in [2.24, 2.45) is 0 Å². The van der Waals surface area contributed by atoms with E-state index in [0.717, 1.165) is 17.0 Å². The van der Waals surface area contributed by atoms with Crippen LogP contribution in [0.1, 0.15) is 16.2 Å². The number of nitrogens with one attached hydrogen (secondary N) is 2. The van der Waals surface area contributed by atoms with Crippen LogP contribution < -0.4 is 5.32 Å². The molecule has 0 saturated carbocycles. The zero-order valence-corrected chi connectivity index (χ0v) is 11.7. The second-order valence-corrected chi connectivity index (χ2v) is 4.74. The summed E-state index contributed by atoms with van der Waals surface area (Å²) >= 11 is 0. The molecule has 3 aromatic rings. The molecule has 5 nitrogen and oxygen atoms in total. The molecule has 0 aliphatic carbocycles. The molecule has 0 fully saturated rings. The molecule has 1 amide bonds. The lowest BCUT2D eigenvalue weighted by Gasteiger charge is -2.04. The second kappa shape index (κ2) is 6.02. The quantitative estimate of drug-likeness (QED) is 0.770. The molecule has 0 radical (unpaired) electrons. The predicted octanol–water partition coefficient (Wildman–Crippen LogP) is 3.59. The van der Waals surface area contributed by atoms with Crippen LogP contribution in [0.15, 0.2) is 59.2 Å². The van der Waals surface area contributed by atoms with Crippen LogP contribution in [-0.2, 0) is 6.42 Å². The van der Waals surface area contributed by atoms with E-state index in [1.54, 1.807) is 12.1 Å². The van der Waals surface area contributed by atoms with E-state index in [4.69, 9.17) is 9.68 Å². The Hall–Kier alpha value is -3.26. The Bertz CT molecular complexity index is 808. The molecule has 0 aliphatic rings. The maximum absolute atomic E-state index is 11.9. The summed E-state index contributed by atoms with van der Waals surface area (Å²) in [6.07, 6.45) is 1.82. The molecule has 0 aliphatic heterocycles. The first-order valence-electron chi connectivity index (χ1n) is 6.76. The number of anilines is 1. The zero-order valence-electron chi connectivity index (χ0n) is 11.7. The number of H-pyrrole nitrogens is 1. The molecular formula is C17H13N3O2. The lowest BCUT2D eigenvalue weighted by atomic mass is 10.1. The fourth-order valence-corrected chi connectivity index (χ4v) is 2.13. The summed E-state index contributed by atoms with van der Waals surface area (Å²) in [7, 11) is 0. The van der Waals surface area contributed by atoms with E-state index in [9.17, 15) is 4.79 Å². The van der Waals surface area contributed by atoms with E-state index in [1.165, 1.54) is 6.26 Å². The number of carbonyl (C=O) groups excluding carboxylic acids is 1. The number of hydrogen-bond donors (Lipinski definition) is 2. The predicted molar refractivity (Wildman–Crippen MR) is 82.2 cm³/mol. The van der Waals surface area contributed by atoms with Crippen LogP contribution in [0.4, 0.5) is 5.69 Å². The van der Waals surface area contributed by atoms with Gasteiger partial charge in [0.2, 0.25) is 0 Å². The Morgan fingerprint density at radius 1 is 1.18 bits per heavy atom. The van der Waals surface area contributed by atoms with Gasteiger partial charge in [-0.2, -0.15) is 5.26 Å². The second-order valence-electron chi connectivity index (χ2n) is 4.74. The first-order chi connectivity index (χ1) is 10.8. The van der Waals surface area contributed by atoms with Gasteiger partial charge in [-0.05, 0) is 42.0 Å². The van der Waals surface area contributed by atoms with Gasteiger partial charge >= 0.3 is 0 Å². The number of nitrogens with zero attached hydrogens (tertiary/aromatic N) is 1. The number of rotatable bonds is 4. The third-order valence-electron chi connectivity index (χ3n) is 3.21. The van der Waals surface area contributed by atoms with Crippen molar-refractivity contribution in [1.82, 2.24) is 4.98 Å². The Morgan fingerprint density at radius 3 is 2.68 bits per heavy atom. The molecule has 0 saturated heterocycles. The normalized spacial score (nSPS) is 10.1. The fraction of sp³-hybridized carbons (Fsp3) is 0.0588. The molecule has 5 heteroatoms. The average molecular weight is 291 g/mol. The topological polar surface area (TPSA) is 81.8 Å². The Balaban J connectivity index is 1.72. The zero-order chi connectivity index (χ0) is 15.4. The number of benzene rings is 1. The van der Waals surface area contributed by atoms with Crippen LogP contribution in [0.25, 0.3) is 11.3 Å². The fourth-order valence-electron chi connectivity index (χ4n) is 2.13. The summed E-state index contributed by atoms with van der Waals surface area (Å²) < 4.78 is 5.04. The van der Waals surface area contributed by atoms with Gasteiger partial charge in [0, 0.05) is 17.1 Å². The first kappa shape index (κ1) is 13.7. The summed E-state index contributed by atoms with van der Waals surface area (Å²) in [4.78, 5) is 15.1. The van der Waals surface area contributed by atoms with Crippen molar-refractivity contribution < 1.29 is 9.21 Å². The molecule has 0 unspecified atom stereocenters. The van der Waals surface area contributed by atoms with Crippen LogP contribution in [0.3, 0.4) is 0 Å². The summed E-state index contributed by atoms with van der Waals surface area (Å²) in [5.74, 6) is -0.0106. The minimum absolute atomic E-state index is 0.273. The van der Waals surface area contributed by atoms with Gasteiger partial charge in [-0.15, -0.1) is 0 Å². The molecule has 2 aromatic heterocycles. The molecule has 3 rings (SSSR count). The van der Waals surface area contributed by atoms with Crippen LogP contribution in [-0.4, -0.2) is 10.9 Å². The summed E-state index contributed by atoms with van der Waals surface area (Å²) in [5, 5.41) is 11.4. The van der Waals surface area contributed by atoms with Gasteiger partial charge < -0.3 is 14.7 Å². The number of aromatic amines is 1. The van der Waals surface area contributed by atoms with Crippen molar-refractivity contribution >= 4 is 11.6 Å². The van der Waals surface area contributed by atoms with Crippen molar-refractivity contribution in [2.75, 3.05) is 5.32 Å². The number of hydrogen-bond acceptors (Lipinski definition) is 3. The number of nitriles is 1. The number of furan rings is 1. The summed E-state index contributed by atoms with van der Waals surface area (Å²) in [6.45, 7) is 0. The molecule has 22 heavy (non-hydrogen) atoms. The van der Waals surface area contributed by atoms with Crippen molar-refractivity contribution in [1.29, 1.82) is 5.26 Å². The first-order valence-corrected chi connectivity index (χ1v) is 6.76. The molecule has 1 aromatic carbocycles. The highest BCUT2D eigenvalue weighted by Crippen LogP contribution is 2.21. The molecule has 2 N–H and O–H groups in total.